The van der Waals surface area contributed by atoms with Gasteiger partial charge in [-0.15, -0.1) is 0 Å². The number of pyridine rings is 1. The monoisotopic (exact) mass is 563 g/mol. The predicted molar refractivity (Wildman–Crippen MR) is 168 cm³/mol. The Bertz CT molecular complexity index is 2010. The normalized spacial score (nSPS) is 14.1. The number of hydrogen-bond acceptors (Lipinski definition) is 5. The van der Waals surface area contributed by atoms with Crippen LogP contribution in [0.1, 0.15) is 44.7 Å². The van der Waals surface area contributed by atoms with E-state index in [2.05, 4.69) is 20.8 Å². The Morgan fingerprint density at radius 1 is 0.927 bits per heavy atom. The Morgan fingerprint density at radius 2 is 1.71 bits per heavy atom. The first kappa shape index (κ1) is 27.0. The molecule has 0 amide bonds. The van der Waals surface area contributed by atoms with Crippen molar-refractivity contribution in [2.24, 2.45) is 5.41 Å². The molecule has 0 fully saturated rings. The topological polar surface area (TPSA) is 76.5 Å². The van der Waals surface area contributed by atoms with Gasteiger partial charge in [0.25, 0.3) is 0 Å². The van der Waals surface area contributed by atoms with Gasteiger partial charge in [-0.2, -0.15) is 8.42 Å². The van der Waals surface area contributed by atoms with Crippen LogP contribution in [0.15, 0.2) is 90.0 Å². The molecular formula is C35H33NO4S. The fraction of sp³-hybridized carbons (Fsp3) is 0.229. The lowest BCUT2D eigenvalue weighted by molar-refractivity contribution is 0.397. The Kier molecular flexibility index (Phi) is 6.62. The van der Waals surface area contributed by atoms with Gasteiger partial charge in [0.05, 0.1) is 11.1 Å². The van der Waals surface area contributed by atoms with Gasteiger partial charge in [-0.05, 0) is 88.4 Å². The molecule has 0 spiro atoms. The molecular weight excluding hydrogens is 530 g/mol. The Hall–Kier alpha value is -4.16. The average molecular weight is 564 g/mol. The highest BCUT2D eigenvalue weighted by Crippen LogP contribution is 2.46. The number of benzene rings is 4. The Balaban J connectivity index is 1.69. The van der Waals surface area contributed by atoms with Crippen LogP contribution in [0.2, 0.25) is 0 Å². The zero-order chi connectivity index (χ0) is 28.9. The number of aromatic nitrogens is 1. The van der Waals surface area contributed by atoms with Crippen molar-refractivity contribution in [3.8, 4) is 22.8 Å². The van der Waals surface area contributed by atoms with E-state index < -0.39 is 10.1 Å². The van der Waals surface area contributed by atoms with E-state index in [1.54, 1.807) is 24.4 Å². The lowest BCUT2D eigenvalue weighted by atomic mass is 9.84. The summed E-state index contributed by atoms with van der Waals surface area (Å²) in [6.07, 6.45) is 8.93. The number of phenols is 1. The number of aromatic hydroxyl groups is 1. The Labute approximate surface area is 240 Å². The predicted octanol–water partition coefficient (Wildman–Crippen LogP) is 8.75. The van der Waals surface area contributed by atoms with E-state index in [1.807, 2.05) is 67.6 Å². The molecule has 1 aliphatic carbocycles. The number of fused-ring (bicyclic) bond motifs is 4. The summed E-state index contributed by atoms with van der Waals surface area (Å²) in [7, 11) is -4.10. The van der Waals surface area contributed by atoms with E-state index in [1.165, 1.54) is 0 Å². The molecule has 0 unspecified atom stereocenters. The van der Waals surface area contributed by atoms with Gasteiger partial charge in [-0.1, -0.05) is 75.4 Å². The Morgan fingerprint density at radius 3 is 2.46 bits per heavy atom. The second kappa shape index (κ2) is 10.0. The van der Waals surface area contributed by atoms with Crippen LogP contribution in [0, 0.1) is 12.3 Å². The molecule has 5 nitrogen and oxygen atoms in total. The van der Waals surface area contributed by atoms with Gasteiger partial charge in [0.15, 0.2) is 5.75 Å². The van der Waals surface area contributed by atoms with Gasteiger partial charge < -0.3 is 9.29 Å². The largest absolute Gasteiger partial charge is 0.507 e. The number of rotatable bonds is 5. The van der Waals surface area contributed by atoms with Gasteiger partial charge >= 0.3 is 10.1 Å². The fourth-order valence-corrected chi connectivity index (χ4v) is 6.81. The minimum absolute atomic E-state index is 0.0810. The van der Waals surface area contributed by atoms with Crippen molar-refractivity contribution in [2.75, 3.05) is 0 Å². The second-order valence-corrected chi connectivity index (χ2v) is 13.5. The van der Waals surface area contributed by atoms with E-state index in [4.69, 9.17) is 9.17 Å². The first-order chi connectivity index (χ1) is 19.5. The summed E-state index contributed by atoms with van der Waals surface area (Å²) in [6.45, 7) is 8.42. The van der Waals surface area contributed by atoms with Crippen molar-refractivity contribution in [1.29, 1.82) is 0 Å². The van der Waals surface area contributed by atoms with Gasteiger partial charge in [0, 0.05) is 17.3 Å². The van der Waals surface area contributed by atoms with E-state index in [-0.39, 0.29) is 21.8 Å². The van der Waals surface area contributed by atoms with Gasteiger partial charge in [0.2, 0.25) is 0 Å². The number of nitrogens with zero attached hydrogens (tertiary/aromatic N) is 1. The lowest BCUT2D eigenvalue weighted by Crippen LogP contribution is -2.12. The summed E-state index contributed by atoms with van der Waals surface area (Å²) in [6, 6.07) is 19.6. The zero-order valence-electron chi connectivity index (χ0n) is 23.7. The first-order valence-corrected chi connectivity index (χ1v) is 15.3. The molecule has 0 saturated carbocycles. The first-order valence-electron chi connectivity index (χ1n) is 13.9. The molecule has 0 bridgehead atoms. The maximum Gasteiger partial charge on any atom is 0.338 e. The number of hydrogen-bond donors (Lipinski definition) is 1. The minimum Gasteiger partial charge on any atom is -0.507 e. The fourth-order valence-electron chi connectivity index (χ4n) is 5.76. The van der Waals surface area contributed by atoms with Crippen LogP contribution in [0.25, 0.3) is 43.6 Å². The highest BCUT2D eigenvalue weighted by atomic mass is 32.2. The molecule has 0 saturated heterocycles. The molecule has 1 aromatic heterocycles. The highest BCUT2D eigenvalue weighted by Gasteiger charge is 2.26. The number of phenolic OH excluding ortho intramolecular Hbond substituents is 1. The third-order valence-electron chi connectivity index (χ3n) is 7.63. The standard InChI is InChI=1S/C35H33NO4S/c1-22-11-10-16-26-27-17-18-36-33(29-19-23-12-8-9-15-25(23)30(34(29)37)21-35(2,3)4)32(27)31(20-28(22)26)40-41(38,39)24-13-6-5-7-14-24/h6,8-20,37H,5,7,21H2,1-4H3. The minimum atomic E-state index is -4.10. The average Bonchev–Trinajstić information content (AvgIpc) is 2.94. The maximum atomic E-state index is 13.5. The van der Waals surface area contributed by atoms with Crippen LogP contribution in [0.3, 0.4) is 0 Å². The molecule has 1 aliphatic rings. The van der Waals surface area contributed by atoms with Gasteiger partial charge in [-0.25, -0.2) is 0 Å². The van der Waals surface area contributed by atoms with Crippen LogP contribution in [0.5, 0.6) is 11.5 Å². The third-order valence-corrected chi connectivity index (χ3v) is 8.90. The molecule has 5 aromatic rings. The quantitative estimate of drug-likeness (QED) is 0.171. The molecule has 4 aromatic carbocycles. The van der Waals surface area contributed by atoms with E-state index in [0.29, 0.717) is 29.5 Å². The number of allylic oxidation sites excluding steroid dienone is 3. The van der Waals surface area contributed by atoms with Gasteiger partial charge in [0.1, 0.15) is 10.7 Å². The maximum absolute atomic E-state index is 13.5. The molecule has 0 radical (unpaired) electrons. The summed E-state index contributed by atoms with van der Waals surface area (Å²) in [5.74, 6) is 0.337. The van der Waals surface area contributed by atoms with Crippen molar-refractivity contribution < 1.29 is 17.7 Å². The van der Waals surface area contributed by atoms with Crippen molar-refractivity contribution in [1.82, 2.24) is 4.98 Å². The van der Waals surface area contributed by atoms with Crippen LogP contribution in [0.4, 0.5) is 0 Å². The van der Waals surface area contributed by atoms with Crippen LogP contribution in [-0.2, 0) is 16.5 Å². The molecule has 6 rings (SSSR count). The molecule has 0 atom stereocenters. The molecule has 1 heterocycles. The van der Waals surface area contributed by atoms with Crippen LogP contribution >= 0.6 is 0 Å². The van der Waals surface area contributed by atoms with E-state index in [9.17, 15) is 13.5 Å². The smallest absolute Gasteiger partial charge is 0.338 e. The lowest BCUT2D eigenvalue weighted by Gasteiger charge is -2.22. The van der Waals surface area contributed by atoms with Gasteiger partial charge in [-0.3, -0.25) is 4.98 Å². The summed E-state index contributed by atoms with van der Waals surface area (Å²) >= 11 is 0. The van der Waals surface area contributed by atoms with Crippen molar-refractivity contribution in [2.45, 2.75) is 47.0 Å². The SMILES string of the molecule is Cc1cccc2c1cc(OS(=O)(=O)C1=CCCC=C1)c1c(-c3cc4ccccc4c(CC(C)(C)C)c3O)nccc12. The molecule has 1 N–H and O–H groups in total. The number of aryl methyl sites for hydroxylation is 1. The van der Waals surface area contributed by atoms with E-state index >= 15 is 0 Å². The third kappa shape index (κ3) is 4.97. The highest BCUT2D eigenvalue weighted by molar-refractivity contribution is 7.91. The zero-order valence-corrected chi connectivity index (χ0v) is 24.5. The van der Waals surface area contributed by atoms with Crippen molar-refractivity contribution in [3.05, 3.63) is 101 Å². The summed E-state index contributed by atoms with van der Waals surface area (Å²) in [4.78, 5) is 4.90. The summed E-state index contributed by atoms with van der Waals surface area (Å²) < 4.78 is 33.0. The molecule has 0 aliphatic heterocycles. The van der Waals surface area contributed by atoms with Crippen molar-refractivity contribution in [3.63, 3.8) is 0 Å². The van der Waals surface area contributed by atoms with E-state index in [0.717, 1.165) is 44.5 Å². The molecule has 6 heteroatoms. The van der Waals surface area contributed by atoms with Crippen molar-refractivity contribution >= 4 is 42.4 Å². The summed E-state index contributed by atoms with van der Waals surface area (Å²) in [5.41, 5.74) is 2.78. The summed E-state index contributed by atoms with van der Waals surface area (Å²) in [5, 5.41) is 17.0. The van der Waals surface area contributed by atoms with Crippen LogP contribution < -0.4 is 4.18 Å². The molecule has 208 valence electrons. The van der Waals surface area contributed by atoms with Crippen LogP contribution in [-0.4, -0.2) is 18.5 Å². The second-order valence-electron chi connectivity index (χ2n) is 12.0. The molecule has 41 heavy (non-hydrogen) atoms.